The molecule has 1 aliphatic rings. The van der Waals surface area contributed by atoms with Crippen molar-refractivity contribution in [1.82, 2.24) is 4.90 Å². The molecule has 15 heavy (non-hydrogen) atoms. The van der Waals surface area contributed by atoms with E-state index < -0.39 is 6.09 Å². The SMILES string of the molecule is CC=C[C@@]1(C(C)(C)C)CCCN1C(=O)O. The van der Waals surface area contributed by atoms with Crippen LogP contribution in [0.4, 0.5) is 4.79 Å². The van der Waals surface area contributed by atoms with Crippen LogP contribution in [0, 0.1) is 5.41 Å². The van der Waals surface area contributed by atoms with E-state index in [2.05, 4.69) is 20.8 Å². The number of carboxylic acid groups (broad SMARTS) is 1. The van der Waals surface area contributed by atoms with Gasteiger partial charge in [-0.1, -0.05) is 32.9 Å². The van der Waals surface area contributed by atoms with E-state index in [-0.39, 0.29) is 11.0 Å². The largest absolute Gasteiger partial charge is 0.465 e. The number of carbonyl (C=O) groups is 1. The highest BCUT2D eigenvalue weighted by molar-refractivity contribution is 5.67. The maximum atomic E-state index is 11.2. The van der Waals surface area contributed by atoms with Crippen LogP contribution in [0.1, 0.15) is 40.5 Å². The van der Waals surface area contributed by atoms with Gasteiger partial charge in [0.1, 0.15) is 0 Å². The standard InChI is InChI=1S/C12H21NO2/c1-5-7-12(11(2,3)4)8-6-9-13(12)10(14)15/h5,7H,6,8-9H2,1-4H3,(H,14,15)/t12-/m0/s1. The molecule has 0 spiro atoms. The summed E-state index contributed by atoms with van der Waals surface area (Å²) < 4.78 is 0. The third-order valence-electron chi connectivity index (χ3n) is 3.39. The zero-order valence-corrected chi connectivity index (χ0v) is 10.1. The predicted octanol–water partition coefficient (Wildman–Crippen LogP) is 3.12. The number of rotatable bonds is 1. The summed E-state index contributed by atoms with van der Waals surface area (Å²) in [7, 11) is 0. The van der Waals surface area contributed by atoms with E-state index in [1.54, 1.807) is 4.90 Å². The van der Waals surface area contributed by atoms with Gasteiger partial charge in [0, 0.05) is 6.54 Å². The van der Waals surface area contributed by atoms with Gasteiger partial charge in [0.25, 0.3) is 0 Å². The molecule has 0 unspecified atom stereocenters. The zero-order valence-electron chi connectivity index (χ0n) is 10.1. The number of likely N-dealkylation sites (tertiary alicyclic amines) is 1. The summed E-state index contributed by atoms with van der Waals surface area (Å²) in [6.45, 7) is 8.92. The Morgan fingerprint density at radius 3 is 2.47 bits per heavy atom. The van der Waals surface area contributed by atoms with E-state index >= 15 is 0 Å². The van der Waals surface area contributed by atoms with E-state index in [0.717, 1.165) is 12.8 Å². The number of amides is 1. The second-order valence-electron chi connectivity index (χ2n) is 5.21. The molecule has 0 aromatic rings. The molecule has 0 aromatic heterocycles. The summed E-state index contributed by atoms with van der Waals surface area (Å²) >= 11 is 0. The van der Waals surface area contributed by atoms with E-state index in [4.69, 9.17) is 0 Å². The zero-order chi connectivity index (χ0) is 11.7. The fraction of sp³-hybridized carbons (Fsp3) is 0.750. The molecule has 1 atom stereocenters. The molecule has 1 rings (SSSR count). The lowest BCUT2D eigenvalue weighted by Gasteiger charge is -2.45. The van der Waals surface area contributed by atoms with Gasteiger partial charge < -0.3 is 5.11 Å². The van der Waals surface area contributed by atoms with E-state index in [1.165, 1.54) is 0 Å². The van der Waals surface area contributed by atoms with Crippen LogP contribution in [0.25, 0.3) is 0 Å². The third kappa shape index (κ3) is 1.87. The van der Waals surface area contributed by atoms with Gasteiger partial charge in [-0.2, -0.15) is 0 Å². The summed E-state index contributed by atoms with van der Waals surface area (Å²) in [6.07, 6.45) is 5.09. The Hall–Kier alpha value is -0.990. The number of hydrogen-bond donors (Lipinski definition) is 1. The van der Waals surface area contributed by atoms with Crippen LogP contribution in [0.2, 0.25) is 0 Å². The van der Waals surface area contributed by atoms with Crippen molar-refractivity contribution in [2.75, 3.05) is 6.54 Å². The molecular weight excluding hydrogens is 190 g/mol. The molecular formula is C12H21NO2. The summed E-state index contributed by atoms with van der Waals surface area (Å²) in [6, 6.07) is 0. The van der Waals surface area contributed by atoms with Gasteiger partial charge >= 0.3 is 6.09 Å². The van der Waals surface area contributed by atoms with Crippen LogP contribution < -0.4 is 0 Å². The molecule has 1 saturated heterocycles. The highest BCUT2D eigenvalue weighted by Gasteiger charge is 2.49. The molecule has 86 valence electrons. The summed E-state index contributed by atoms with van der Waals surface area (Å²) in [5.74, 6) is 0. The molecule has 1 aliphatic heterocycles. The average molecular weight is 211 g/mol. The van der Waals surface area contributed by atoms with Gasteiger partial charge in [-0.15, -0.1) is 0 Å². The van der Waals surface area contributed by atoms with Gasteiger partial charge in [-0.05, 0) is 25.2 Å². The first-order chi connectivity index (χ1) is 6.85. The van der Waals surface area contributed by atoms with Crippen LogP contribution in [0.3, 0.4) is 0 Å². The first-order valence-electron chi connectivity index (χ1n) is 5.49. The molecule has 3 nitrogen and oxygen atoms in total. The van der Waals surface area contributed by atoms with Crippen molar-refractivity contribution in [3.63, 3.8) is 0 Å². The number of nitrogens with zero attached hydrogens (tertiary/aromatic N) is 1. The molecule has 0 aromatic carbocycles. The van der Waals surface area contributed by atoms with Crippen LogP contribution in [-0.4, -0.2) is 28.2 Å². The minimum Gasteiger partial charge on any atom is -0.465 e. The highest BCUT2D eigenvalue weighted by Crippen LogP contribution is 2.44. The van der Waals surface area contributed by atoms with Crippen molar-refractivity contribution in [1.29, 1.82) is 0 Å². The molecule has 1 N–H and O–H groups in total. The van der Waals surface area contributed by atoms with Crippen LogP contribution >= 0.6 is 0 Å². The fourth-order valence-corrected chi connectivity index (χ4v) is 2.59. The minimum absolute atomic E-state index is 0.0611. The minimum atomic E-state index is -0.805. The third-order valence-corrected chi connectivity index (χ3v) is 3.39. The highest BCUT2D eigenvalue weighted by atomic mass is 16.4. The van der Waals surface area contributed by atoms with Crippen LogP contribution in [0.15, 0.2) is 12.2 Å². The van der Waals surface area contributed by atoms with Gasteiger partial charge in [0.2, 0.25) is 0 Å². The Morgan fingerprint density at radius 2 is 2.07 bits per heavy atom. The van der Waals surface area contributed by atoms with Crippen molar-refractivity contribution >= 4 is 6.09 Å². The molecule has 1 amide bonds. The van der Waals surface area contributed by atoms with E-state index in [1.807, 2.05) is 19.1 Å². The Kier molecular flexibility index (Phi) is 3.12. The van der Waals surface area contributed by atoms with Crippen molar-refractivity contribution in [2.24, 2.45) is 5.41 Å². The smallest absolute Gasteiger partial charge is 0.408 e. The van der Waals surface area contributed by atoms with Gasteiger partial charge in [-0.25, -0.2) is 4.79 Å². The Labute approximate surface area is 91.8 Å². The van der Waals surface area contributed by atoms with Gasteiger partial charge in [0.15, 0.2) is 0 Å². The molecule has 0 saturated carbocycles. The van der Waals surface area contributed by atoms with Crippen molar-refractivity contribution < 1.29 is 9.90 Å². The molecule has 0 radical (unpaired) electrons. The fourth-order valence-electron chi connectivity index (χ4n) is 2.59. The average Bonchev–Trinajstić information content (AvgIpc) is 2.48. The maximum absolute atomic E-state index is 11.2. The first kappa shape index (κ1) is 12.1. The first-order valence-corrected chi connectivity index (χ1v) is 5.49. The van der Waals surface area contributed by atoms with Crippen molar-refractivity contribution in [3.8, 4) is 0 Å². The Bertz CT molecular complexity index is 278. The molecule has 1 heterocycles. The normalized spacial score (nSPS) is 27.6. The molecule has 3 heteroatoms. The van der Waals surface area contributed by atoms with Crippen LogP contribution in [0.5, 0.6) is 0 Å². The molecule has 1 fully saturated rings. The van der Waals surface area contributed by atoms with Crippen LogP contribution in [-0.2, 0) is 0 Å². The topological polar surface area (TPSA) is 40.5 Å². The lowest BCUT2D eigenvalue weighted by atomic mass is 9.71. The number of allylic oxidation sites excluding steroid dienone is 1. The summed E-state index contributed by atoms with van der Waals surface area (Å²) in [4.78, 5) is 12.8. The molecule has 0 bridgehead atoms. The van der Waals surface area contributed by atoms with Gasteiger partial charge in [0.05, 0.1) is 5.54 Å². The Balaban J connectivity index is 3.15. The summed E-state index contributed by atoms with van der Waals surface area (Å²) in [5, 5.41) is 9.23. The van der Waals surface area contributed by atoms with E-state index in [9.17, 15) is 9.90 Å². The lowest BCUT2D eigenvalue weighted by molar-refractivity contribution is 0.0640. The maximum Gasteiger partial charge on any atom is 0.408 e. The van der Waals surface area contributed by atoms with E-state index in [0.29, 0.717) is 6.54 Å². The quantitative estimate of drug-likeness (QED) is 0.677. The second-order valence-corrected chi connectivity index (χ2v) is 5.21. The number of hydrogen-bond acceptors (Lipinski definition) is 1. The second kappa shape index (κ2) is 3.87. The molecule has 0 aliphatic carbocycles. The van der Waals surface area contributed by atoms with Gasteiger partial charge in [-0.3, -0.25) is 4.90 Å². The van der Waals surface area contributed by atoms with Crippen molar-refractivity contribution in [2.45, 2.75) is 46.1 Å². The Morgan fingerprint density at radius 1 is 1.47 bits per heavy atom. The van der Waals surface area contributed by atoms with Crippen molar-refractivity contribution in [3.05, 3.63) is 12.2 Å². The summed E-state index contributed by atoms with van der Waals surface area (Å²) in [5.41, 5.74) is -0.387. The monoisotopic (exact) mass is 211 g/mol. The predicted molar refractivity (Wildman–Crippen MR) is 61.0 cm³/mol. The lowest BCUT2D eigenvalue weighted by Crippen LogP contribution is -2.53.